The van der Waals surface area contributed by atoms with E-state index in [9.17, 15) is 8.78 Å². The molecule has 126 valence electrons. The van der Waals surface area contributed by atoms with Gasteiger partial charge in [0.2, 0.25) is 5.82 Å². The largest absolute Gasteiger partial charge is 0.482 e. The molecular formula is C22H18F2O. The normalized spacial score (nSPS) is 16.2. The van der Waals surface area contributed by atoms with Gasteiger partial charge < -0.3 is 4.74 Å². The van der Waals surface area contributed by atoms with E-state index in [4.69, 9.17) is 4.74 Å². The van der Waals surface area contributed by atoms with Crippen molar-refractivity contribution in [2.24, 2.45) is 0 Å². The van der Waals surface area contributed by atoms with Crippen LogP contribution in [0.3, 0.4) is 0 Å². The van der Waals surface area contributed by atoms with E-state index in [0.717, 1.165) is 28.7 Å². The molecule has 25 heavy (non-hydrogen) atoms. The Hall–Kier alpha value is -2.68. The summed E-state index contributed by atoms with van der Waals surface area (Å²) in [5.74, 6) is -1.63. The second-order valence-electron chi connectivity index (χ2n) is 6.44. The van der Waals surface area contributed by atoms with Crippen LogP contribution in [-0.2, 0) is 6.42 Å². The van der Waals surface area contributed by atoms with Gasteiger partial charge in [0.05, 0.1) is 0 Å². The van der Waals surface area contributed by atoms with Gasteiger partial charge in [-0.25, -0.2) is 4.39 Å². The lowest BCUT2D eigenvalue weighted by Gasteiger charge is -2.27. The average Bonchev–Trinajstić information content (AvgIpc) is 2.67. The van der Waals surface area contributed by atoms with Crippen LogP contribution in [0.2, 0.25) is 0 Å². The molecule has 0 aromatic heterocycles. The van der Waals surface area contributed by atoms with Crippen molar-refractivity contribution in [3.05, 3.63) is 89.0 Å². The molecule has 0 saturated carbocycles. The number of hydrogen-bond donors (Lipinski definition) is 0. The molecule has 0 N–H and O–H groups in total. The minimum atomic E-state index is -0.874. The van der Waals surface area contributed by atoms with Gasteiger partial charge >= 0.3 is 0 Å². The maximum atomic E-state index is 14.2. The molecule has 0 saturated heterocycles. The van der Waals surface area contributed by atoms with Crippen LogP contribution in [0.25, 0.3) is 11.1 Å². The smallest absolute Gasteiger partial charge is 0.201 e. The Kier molecular flexibility index (Phi) is 4.00. The Bertz CT molecular complexity index is 902. The summed E-state index contributed by atoms with van der Waals surface area (Å²) in [5, 5.41) is 0. The van der Waals surface area contributed by atoms with Gasteiger partial charge in [-0.05, 0) is 53.6 Å². The van der Waals surface area contributed by atoms with E-state index >= 15 is 0 Å². The Morgan fingerprint density at radius 3 is 2.28 bits per heavy atom. The van der Waals surface area contributed by atoms with Crippen LogP contribution in [0.15, 0.2) is 60.7 Å². The number of rotatable bonds is 2. The van der Waals surface area contributed by atoms with Gasteiger partial charge in [-0.3, -0.25) is 0 Å². The highest BCUT2D eigenvalue weighted by Crippen LogP contribution is 2.38. The van der Waals surface area contributed by atoms with E-state index < -0.39 is 11.6 Å². The first kappa shape index (κ1) is 15.8. The summed E-state index contributed by atoms with van der Waals surface area (Å²) in [6.45, 7) is 1.58. The predicted molar refractivity (Wildman–Crippen MR) is 94.7 cm³/mol. The third-order valence-corrected chi connectivity index (χ3v) is 4.75. The van der Waals surface area contributed by atoms with Crippen molar-refractivity contribution < 1.29 is 13.5 Å². The Balaban J connectivity index is 1.61. The quantitative estimate of drug-likeness (QED) is 0.557. The van der Waals surface area contributed by atoms with E-state index in [2.05, 4.69) is 12.1 Å². The Morgan fingerprint density at radius 2 is 1.56 bits per heavy atom. The monoisotopic (exact) mass is 336 g/mol. The molecule has 1 aliphatic rings. The van der Waals surface area contributed by atoms with Gasteiger partial charge in [0, 0.05) is 0 Å². The minimum Gasteiger partial charge on any atom is -0.482 e. The summed E-state index contributed by atoms with van der Waals surface area (Å²) in [4.78, 5) is 0. The van der Waals surface area contributed by atoms with Crippen molar-refractivity contribution in [1.29, 1.82) is 0 Å². The first-order valence-corrected chi connectivity index (χ1v) is 8.43. The van der Waals surface area contributed by atoms with Gasteiger partial charge in [0.1, 0.15) is 6.10 Å². The van der Waals surface area contributed by atoms with Crippen LogP contribution in [-0.4, -0.2) is 0 Å². The summed E-state index contributed by atoms with van der Waals surface area (Å²) < 4.78 is 33.9. The van der Waals surface area contributed by atoms with Crippen LogP contribution < -0.4 is 4.74 Å². The molecule has 1 unspecified atom stereocenters. The van der Waals surface area contributed by atoms with Gasteiger partial charge in [-0.15, -0.1) is 0 Å². The molecule has 0 bridgehead atoms. The lowest BCUT2D eigenvalue weighted by atomic mass is 9.94. The number of ether oxygens (including phenoxy) is 1. The van der Waals surface area contributed by atoms with Crippen molar-refractivity contribution in [1.82, 2.24) is 0 Å². The summed E-state index contributed by atoms with van der Waals surface area (Å²) in [6, 6.07) is 19.9. The molecular weight excluding hydrogens is 318 g/mol. The zero-order valence-corrected chi connectivity index (χ0v) is 13.9. The zero-order chi connectivity index (χ0) is 17.4. The molecule has 1 heterocycles. The number of halogens is 2. The second kappa shape index (κ2) is 6.32. The Labute approximate surface area is 145 Å². The maximum Gasteiger partial charge on any atom is 0.201 e. The van der Waals surface area contributed by atoms with Crippen LogP contribution in [0.4, 0.5) is 8.78 Å². The first-order chi connectivity index (χ1) is 12.1. The molecule has 0 amide bonds. The zero-order valence-electron chi connectivity index (χ0n) is 13.9. The average molecular weight is 336 g/mol. The van der Waals surface area contributed by atoms with Gasteiger partial charge in [-0.2, -0.15) is 4.39 Å². The van der Waals surface area contributed by atoms with Crippen molar-refractivity contribution >= 4 is 0 Å². The number of aryl methyl sites for hydroxylation is 2. The molecule has 0 spiro atoms. The molecule has 1 nitrogen and oxygen atoms in total. The summed E-state index contributed by atoms with van der Waals surface area (Å²) in [7, 11) is 0. The first-order valence-electron chi connectivity index (χ1n) is 8.43. The maximum absolute atomic E-state index is 14.2. The fourth-order valence-electron chi connectivity index (χ4n) is 3.36. The van der Waals surface area contributed by atoms with Crippen LogP contribution in [0, 0.1) is 18.6 Å². The predicted octanol–water partition coefficient (Wildman–Crippen LogP) is 6.01. The molecule has 1 aliphatic heterocycles. The van der Waals surface area contributed by atoms with E-state index in [1.165, 1.54) is 0 Å². The molecule has 1 atom stereocenters. The van der Waals surface area contributed by atoms with Crippen molar-refractivity contribution in [3.8, 4) is 16.9 Å². The molecule has 0 radical (unpaired) electrons. The summed E-state index contributed by atoms with van der Waals surface area (Å²) >= 11 is 0. The lowest BCUT2D eigenvalue weighted by molar-refractivity contribution is 0.165. The fourth-order valence-corrected chi connectivity index (χ4v) is 3.36. The highest BCUT2D eigenvalue weighted by atomic mass is 19.2. The molecule has 3 aromatic carbocycles. The van der Waals surface area contributed by atoms with Crippen LogP contribution >= 0.6 is 0 Å². The molecule has 3 heteroatoms. The standard InChI is InChI=1S/C22H18F2O/c1-14-13-18-11-12-19(25-22(18)21(24)20(14)23)17-9-7-16(8-10-17)15-5-3-2-4-6-15/h2-10,13,19H,11-12H2,1H3. The number of hydrogen-bond acceptors (Lipinski definition) is 1. The van der Waals surface area contributed by atoms with E-state index in [0.29, 0.717) is 12.0 Å². The third-order valence-electron chi connectivity index (χ3n) is 4.75. The molecule has 3 aromatic rings. The third kappa shape index (κ3) is 2.91. The number of benzene rings is 3. The fraction of sp³-hybridized carbons (Fsp3) is 0.182. The molecule has 0 fully saturated rings. The highest BCUT2D eigenvalue weighted by Gasteiger charge is 2.27. The van der Waals surface area contributed by atoms with Crippen molar-refractivity contribution in [2.75, 3.05) is 0 Å². The van der Waals surface area contributed by atoms with Gasteiger partial charge in [0.25, 0.3) is 0 Å². The van der Waals surface area contributed by atoms with E-state index in [1.807, 2.05) is 42.5 Å². The second-order valence-corrected chi connectivity index (χ2v) is 6.44. The number of fused-ring (bicyclic) bond motifs is 1. The van der Waals surface area contributed by atoms with Crippen molar-refractivity contribution in [2.45, 2.75) is 25.9 Å². The van der Waals surface area contributed by atoms with E-state index in [1.54, 1.807) is 13.0 Å². The minimum absolute atomic E-state index is 0.0616. The highest BCUT2D eigenvalue weighted by molar-refractivity contribution is 5.63. The van der Waals surface area contributed by atoms with E-state index in [-0.39, 0.29) is 11.9 Å². The summed E-state index contributed by atoms with van der Waals surface area (Å²) in [5.41, 5.74) is 4.31. The van der Waals surface area contributed by atoms with Crippen LogP contribution in [0.1, 0.15) is 29.2 Å². The Morgan fingerprint density at radius 1 is 0.880 bits per heavy atom. The summed E-state index contributed by atoms with van der Waals surface area (Å²) in [6.07, 6.45) is 1.18. The van der Waals surface area contributed by atoms with Gasteiger partial charge in [0.15, 0.2) is 11.6 Å². The topological polar surface area (TPSA) is 9.23 Å². The van der Waals surface area contributed by atoms with Crippen molar-refractivity contribution in [3.63, 3.8) is 0 Å². The molecule has 4 rings (SSSR count). The SMILES string of the molecule is Cc1cc2c(c(F)c1F)OC(c1ccc(-c3ccccc3)cc1)CC2. The van der Waals surface area contributed by atoms with Gasteiger partial charge in [-0.1, -0.05) is 54.6 Å². The molecule has 0 aliphatic carbocycles. The van der Waals surface area contributed by atoms with Crippen LogP contribution in [0.5, 0.6) is 5.75 Å². The lowest BCUT2D eigenvalue weighted by Crippen LogP contribution is -2.17.